The maximum absolute atomic E-state index is 8.91. The SMILES string of the molecule is CC(C)(C#N)CCOc1c(Cl)cccc1CBr. The number of nitriles is 1. The van der Waals surface area contributed by atoms with Gasteiger partial charge in [-0.1, -0.05) is 39.7 Å². The van der Waals surface area contributed by atoms with Crippen LogP contribution in [0.5, 0.6) is 5.75 Å². The van der Waals surface area contributed by atoms with Crippen molar-refractivity contribution in [2.24, 2.45) is 5.41 Å². The average Bonchev–Trinajstić information content (AvgIpc) is 2.31. The zero-order valence-corrected chi connectivity index (χ0v) is 12.3. The molecule has 2 nitrogen and oxygen atoms in total. The molecule has 1 aromatic rings. The summed E-state index contributed by atoms with van der Waals surface area (Å²) in [5.41, 5.74) is 0.655. The van der Waals surface area contributed by atoms with Gasteiger partial charge < -0.3 is 4.74 Å². The molecule has 0 amide bonds. The topological polar surface area (TPSA) is 33.0 Å². The number of halogens is 2. The lowest BCUT2D eigenvalue weighted by Gasteiger charge is -2.17. The Morgan fingerprint density at radius 3 is 2.76 bits per heavy atom. The van der Waals surface area contributed by atoms with Gasteiger partial charge in [0.15, 0.2) is 0 Å². The highest BCUT2D eigenvalue weighted by Crippen LogP contribution is 2.31. The molecule has 0 aliphatic rings. The summed E-state index contributed by atoms with van der Waals surface area (Å²) in [6.45, 7) is 4.28. The molecule has 4 heteroatoms. The van der Waals surface area contributed by atoms with E-state index in [1.807, 2.05) is 26.0 Å². The molecule has 0 aromatic heterocycles. The summed E-state index contributed by atoms with van der Waals surface area (Å²) < 4.78 is 5.68. The second-order valence-corrected chi connectivity index (χ2v) is 5.42. The van der Waals surface area contributed by atoms with Crippen LogP contribution in [-0.4, -0.2) is 6.61 Å². The second-order valence-electron chi connectivity index (χ2n) is 4.46. The van der Waals surface area contributed by atoms with E-state index in [-0.39, 0.29) is 5.41 Å². The average molecular weight is 317 g/mol. The van der Waals surface area contributed by atoms with Crippen molar-refractivity contribution in [3.05, 3.63) is 28.8 Å². The number of nitrogens with zero attached hydrogens (tertiary/aromatic N) is 1. The number of hydrogen-bond acceptors (Lipinski definition) is 2. The molecule has 0 saturated carbocycles. The molecule has 1 rings (SSSR count). The van der Waals surface area contributed by atoms with E-state index in [1.54, 1.807) is 6.07 Å². The fourth-order valence-electron chi connectivity index (χ4n) is 1.28. The van der Waals surface area contributed by atoms with E-state index in [9.17, 15) is 0 Å². The number of rotatable bonds is 5. The van der Waals surface area contributed by atoms with Gasteiger partial charge in [0.05, 0.1) is 23.1 Å². The Morgan fingerprint density at radius 2 is 2.18 bits per heavy atom. The molecular formula is C13H15BrClNO. The third-order valence-corrected chi connectivity index (χ3v) is 3.37. The number of alkyl halides is 1. The molecule has 0 radical (unpaired) electrons. The van der Waals surface area contributed by atoms with Crippen LogP contribution in [0.2, 0.25) is 5.02 Å². The van der Waals surface area contributed by atoms with Gasteiger partial charge in [0.25, 0.3) is 0 Å². The van der Waals surface area contributed by atoms with Crippen LogP contribution in [-0.2, 0) is 5.33 Å². The molecule has 1 aromatic carbocycles. The highest BCUT2D eigenvalue weighted by atomic mass is 79.9. The number of hydrogen-bond donors (Lipinski definition) is 0. The Hall–Kier alpha value is -0.720. The van der Waals surface area contributed by atoms with Crippen molar-refractivity contribution in [1.82, 2.24) is 0 Å². The van der Waals surface area contributed by atoms with Gasteiger partial charge in [0.1, 0.15) is 5.75 Å². The molecule has 0 aliphatic carbocycles. The summed E-state index contributed by atoms with van der Waals surface area (Å²) >= 11 is 9.48. The first-order chi connectivity index (χ1) is 8.00. The highest BCUT2D eigenvalue weighted by molar-refractivity contribution is 9.08. The number of benzene rings is 1. The minimum Gasteiger partial charge on any atom is -0.492 e. The monoisotopic (exact) mass is 315 g/mol. The van der Waals surface area contributed by atoms with Crippen LogP contribution < -0.4 is 4.74 Å². The maximum Gasteiger partial charge on any atom is 0.141 e. The van der Waals surface area contributed by atoms with Gasteiger partial charge in [-0.2, -0.15) is 5.26 Å². The van der Waals surface area contributed by atoms with Crippen LogP contribution in [0.3, 0.4) is 0 Å². The first-order valence-electron chi connectivity index (χ1n) is 5.37. The van der Waals surface area contributed by atoms with E-state index >= 15 is 0 Å². The predicted molar refractivity (Wildman–Crippen MR) is 73.6 cm³/mol. The van der Waals surface area contributed by atoms with Crippen LogP contribution in [0, 0.1) is 16.7 Å². The summed E-state index contributed by atoms with van der Waals surface area (Å²) in [4.78, 5) is 0. The molecule has 0 heterocycles. The highest BCUT2D eigenvalue weighted by Gasteiger charge is 2.17. The van der Waals surface area contributed by atoms with Gasteiger partial charge in [-0.25, -0.2) is 0 Å². The molecule has 0 spiro atoms. The van der Waals surface area contributed by atoms with Gasteiger partial charge in [-0.15, -0.1) is 0 Å². The fraction of sp³-hybridized carbons (Fsp3) is 0.462. The second kappa shape index (κ2) is 6.28. The summed E-state index contributed by atoms with van der Waals surface area (Å²) in [5, 5.41) is 10.2. The van der Waals surface area contributed by atoms with Crippen molar-refractivity contribution < 1.29 is 4.74 Å². The lowest BCUT2D eigenvalue weighted by atomic mass is 9.92. The van der Waals surface area contributed by atoms with Gasteiger partial charge >= 0.3 is 0 Å². The van der Waals surface area contributed by atoms with Gasteiger partial charge in [-0.3, -0.25) is 0 Å². The normalized spacial score (nSPS) is 11.0. The Balaban J connectivity index is 2.67. The molecule has 0 atom stereocenters. The molecule has 17 heavy (non-hydrogen) atoms. The largest absolute Gasteiger partial charge is 0.492 e. The van der Waals surface area contributed by atoms with E-state index in [0.717, 1.165) is 5.56 Å². The summed E-state index contributed by atoms with van der Waals surface area (Å²) in [6, 6.07) is 7.91. The van der Waals surface area contributed by atoms with Crippen molar-refractivity contribution in [3.8, 4) is 11.8 Å². The molecule has 0 unspecified atom stereocenters. The molecule has 0 saturated heterocycles. The Labute approximate surface area is 116 Å². The van der Waals surface area contributed by atoms with Crippen molar-refractivity contribution in [2.45, 2.75) is 25.6 Å². The zero-order valence-electron chi connectivity index (χ0n) is 9.96. The smallest absolute Gasteiger partial charge is 0.141 e. The third-order valence-electron chi connectivity index (χ3n) is 2.47. The molecular weight excluding hydrogens is 302 g/mol. The van der Waals surface area contributed by atoms with Crippen LogP contribution in [0.25, 0.3) is 0 Å². The molecule has 0 bridgehead atoms. The maximum atomic E-state index is 8.91. The molecule has 0 N–H and O–H groups in total. The van der Waals surface area contributed by atoms with Crippen LogP contribution >= 0.6 is 27.5 Å². The standard InChI is InChI=1S/C13H15BrClNO/c1-13(2,9-16)6-7-17-12-10(8-14)4-3-5-11(12)15/h3-5H,6-8H2,1-2H3. The summed E-state index contributed by atoms with van der Waals surface area (Å²) in [6.07, 6.45) is 0.677. The Bertz CT molecular complexity index is 426. The van der Waals surface area contributed by atoms with Gasteiger partial charge in [0.2, 0.25) is 0 Å². The Morgan fingerprint density at radius 1 is 1.47 bits per heavy atom. The van der Waals surface area contributed by atoms with E-state index < -0.39 is 0 Å². The minimum absolute atomic E-state index is 0.365. The van der Waals surface area contributed by atoms with E-state index in [0.29, 0.717) is 29.1 Å². The fourth-order valence-corrected chi connectivity index (χ4v) is 1.97. The van der Waals surface area contributed by atoms with E-state index in [1.165, 1.54) is 0 Å². The third kappa shape index (κ3) is 4.22. The van der Waals surface area contributed by atoms with E-state index in [2.05, 4.69) is 22.0 Å². The Kier molecular flexibility index (Phi) is 5.30. The molecule has 0 fully saturated rings. The van der Waals surface area contributed by atoms with Gasteiger partial charge in [-0.05, 0) is 26.3 Å². The van der Waals surface area contributed by atoms with Crippen molar-refractivity contribution >= 4 is 27.5 Å². The summed E-state index contributed by atoms with van der Waals surface area (Å²) in [7, 11) is 0. The molecule has 0 aliphatic heterocycles. The first kappa shape index (κ1) is 14.3. The lowest BCUT2D eigenvalue weighted by molar-refractivity contribution is 0.263. The number of para-hydroxylation sites is 1. The number of ether oxygens (including phenoxy) is 1. The lowest BCUT2D eigenvalue weighted by Crippen LogP contribution is -2.13. The summed E-state index contributed by atoms with van der Waals surface area (Å²) in [5.74, 6) is 0.708. The van der Waals surface area contributed by atoms with Gasteiger partial charge in [0, 0.05) is 10.9 Å². The van der Waals surface area contributed by atoms with Crippen LogP contribution in [0.1, 0.15) is 25.8 Å². The molecule has 92 valence electrons. The quantitative estimate of drug-likeness (QED) is 0.746. The first-order valence-corrected chi connectivity index (χ1v) is 6.87. The van der Waals surface area contributed by atoms with Crippen molar-refractivity contribution in [1.29, 1.82) is 5.26 Å². The van der Waals surface area contributed by atoms with Crippen LogP contribution in [0.15, 0.2) is 18.2 Å². The van der Waals surface area contributed by atoms with Crippen LogP contribution in [0.4, 0.5) is 0 Å². The zero-order chi connectivity index (χ0) is 12.9. The predicted octanol–water partition coefficient (Wildman–Crippen LogP) is 4.55. The minimum atomic E-state index is -0.365. The van der Waals surface area contributed by atoms with Crippen molar-refractivity contribution in [2.75, 3.05) is 6.61 Å². The van der Waals surface area contributed by atoms with Crippen molar-refractivity contribution in [3.63, 3.8) is 0 Å². The van der Waals surface area contributed by atoms with E-state index in [4.69, 9.17) is 21.6 Å².